The summed E-state index contributed by atoms with van der Waals surface area (Å²) in [4.78, 5) is 10.7. The minimum atomic E-state index is -0.541. The Morgan fingerprint density at radius 2 is 2.22 bits per heavy atom. The van der Waals surface area contributed by atoms with Crippen LogP contribution in [-0.2, 0) is 4.74 Å². The molecule has 146 valence electrons. The number of aliphatic hydroxyl groups excluding tert-OH is 1. The SMILES string of the molecule is Cc1cc(N2CCCOCC2c2ccc(OCC(C)O)cc2Cl)nc(N)n1. The normalized spacial score (nSPS) is 18.8. The number of nitrogens with zero attached hydrogens (tertiary/aromatic N) is 3. The van der Waals surface area contributed by atoms with Crippen LogP contribution in [0.15, 0.2) is 24.3 Å². The number of aromatic nitrogens is 2. The van der Waals surface area contributed by atoms with Crippen LogP contribution in [0.25, 0.3) is 0 Å². The molecule has 8 heteroatoms. The molecule has 2 aromatic rings. The summed E-state index contributed by atoms with van der Waals surface area (Å²) in [6.45, 7) is 5.74. The lowest BCUT2D eigenvalue weighted by Crippen LogP contribution is -2.32. The zero-order valence-electron chi connectivity index (χ0n) is 15.6. The van der Waals surface area contributed by atoms with Crippen molar-refractivity contribution in [2.45, 2.75) is 32.4 Å². The summed E-state index contributed by atoms with van der Waals surface area (Å²) >= 11 is 6.56. The molecule has 1 aliphatic rings. The molecule has 0 bridgehead atoms. The van der Waals surface area contributed by atoms with Crippen molar-refractivity contribution in [3.05, 3.63) is 40.5 Å². The van der Waals surface area contributed by atoms with Crippen molar-refractivity contribution < 1.29 is 14.6 Å². The molecule has 0 radical (unpaired) electrons. The minimum absolute atomic E-state index is 0.0977. The van der Waals surface area contributed by atoms with Crippen LogP contribution in [0.4, 0.5) is 11.8 Å². The Bertz CT molecular complexity index is 767. The van der Waals surface area contributed by atoms with E-state index in [0.717, 1.165) is 30.0 Å². The quantitative estimate of drug-likeness (QED) is 0.807. The van der Waals surface area contributed by atoms with Crippen LogP contribution >= 0.6 is 11.6 Å². The van der Waals surface area contributed by atoms with Crippen LogP contribution in [-0.4, -0.2) is 47.5 Å². The molecule has 0 spiro atoms. The number of halogens is 1. The number of ether oxygens (including phenoxy) is 2. The van der Waals surface area contributed by atoms with Gasteiger partial charge in [-0.25, -0.2) is 4.98 Å². The predicted octanol–water partition coefficient (Wildman–Crippen LogP) is 2.75. The maximum Gasteiger partial charge on any atom is 0.222 e. The smallest absolute Gasteiger partial charge is 0.222 e. The van der Waals surface area contributed by atoms with Crippen molar-refractivity contribution in [3.63, 3.8) is 0 Å². The minimum Gasteiger partial charge on any atom is -0.491 e. The molecule has 7 nitrogen and oxygen atoms in total. The van der Waals surface area contributed by atoms with E-state index in [4.69, 9.17) is 26.8 Å². The Hall–Kier alpha value is -2.09. The van der Waals surface area contributed by atoms with Crippen molar-refractivity contribution in [3.8, 4) is 5.75 Å². The lowest BCUT2D eigenvalue weighted by molar-refractivity contribution is 0.122. The van der Waals surface area contributed by atoms with Gasteiger partial charge in [-0.1, -0.05) is 17.7 Å². The van der Waals surface area contributed by atoms with E-state index < -0.39 is 6.10 Å². The largest absolute Gasteiger partial charge is 0.491 e. The Labute approximate surface area is 164 Å². The number of aliphatic hydroxyl groups is 1. The van der Waals surface area contributed by atoms with Gasteiger partial charge in [0.05, 0.1) is 18.8 Å². The van der Waals surface area contributed by atoms with Crippen LogP contribution in [0, 0.1) is 6.92 Å². The van der Waals surface area contributed by atoms with Gasteiger partial charge < -0.3 is 25.2 Å². The van der Waals surface area contributed by atoms with Gasteiger partial charge in [-0.15, -0.1) is 0 Å². The highest BCUT2D eigenvalue weighted by atomic mass is 35.5. The molecule has 2 heterocycles. The van der Waals surface area contributed by atoms with Gasteiger partial charge in [0.1, 0.15) is 18.2 Å². The molecule has 3 N–H and O–H groups in total. The third kappa shape index (κ3) is 5.00. The zero-order chi connectivity index (χ0) is 19.4. The number of hydrogen-bond donors (Lipinski definition) is 2. The van der Waals surface area contributed by atoms with E-state index in [-0.39, 0.29) is 18.6 Å². The molecule has 3 rings (SSSR count). The Morgan fingerprint density at radius 1 is 1.41 bits per heavy atom. The number of nitrogen functional groups attached to an aromatic ring is 1. The highest BCUT2D eigenvalue weighted by molar-refractivity contribution is 6.31. The molecule has 1 aromatic carbocycles. The molecule has 2 atom stereocenters. The molecule has 0 amide bonds. The number of aryl methyl sites for hydroxylation is 1. The lowest BCUT2D eigenvalue weighted by atomic mass is 10.1. The molecule has 1 aromatic heterocycles. The fourth-order valence-corrected chi connectivity index (χ4v) is 3.41. The van der Waals surface area contributed by atoms with Gasteiger partial charge in [0.2, 0.25) is 5.95 Å². The summed E-state index contributed by atoms with van der Waals surface area (Å²) in [5.74, 6) is 1.63. The summed E-state index contributed by atoms with van der Waals surface area (Å²) in [6.07, 6.45) is 0.341. The van der Waals surface area contributed by atoms with E-state index in [0.29, 0.717) is 24.0 Å². The van der Waals surface area contributed by atoms with Crippen LogP contribution in [0.1, 0.15) is 30.6 Å². The van der Waals surface area contributed by atoms with Crippen LogP contribution in [0.5, 0.6) is 5.75 Å². The van der Waals surface area contributed by atoms with Crippen LogP contribution < -0.4 is 15.4 Å². The molecule has 0 saturated carbocycles. The topological polar surface area (TPSA) is 93.7 Å². The summed E-state index contributed by atoms with van der Waals surface area (Å²) in [7, 11) is 0. The van der Waals surface area contributed by atoms with E-state index in [9.17, 15) is 5.11 Å². The first-order valence-electron chi connectivity index (χ1n) is 9.00. The van der Waals surface area contributed by atoms with Gasteiger partial charge in [0.15, 0.2) is 0 Å². The average Bonchev–Trinajstić information content (AvgIpc) is 2.85. The highest BCUT2D eigenvalue weighted by Gasteiger charge is 2.27. The molecule has 1 aliphatic heterocycles. The second-order valence-corrected chi connectivity index (χ2v) is 7.11. The second kappa shape index (κ2) is 8.73. The Balaban J connectivity index is 1.91. The fourth-order valence-electron chi connectivity index (χ4n) is 3.12. The van der Waals surface area contributed by atoms with Gasteiger partial charge in [-0.05, 0) is 38.0 Å². The average molecular weight is 393 g/mol. The number of nitrogens with two attached hydrogens (primary N) is 1. The van der Waals surface area contributed by atoms with Gasteiger partial charge >= 0.3 is 0 Å². The first-order chi connectivity index (χ1) is 12.9. The summed E-state index contributed by atoms with van der Waals surface area (Å²) in [5.41, 5.74) is 7.60. The number of hydrogen-bond acceptors (Lipinski definition) is 7. The fraction of sp³-hybridized carbons (Fsp3) is 0.474. The summed E-state index contributed by atoms with van der Waals surface area (Å²) in [5, 5.41) is 9.96. The van der Waals surface area contributed by atoms with E-state index in [1.807, 2.05) is 25.1 Å². The van der Waals surface area contributed by atoms with Crippen molar-refractivity contribution >= 4 is 23.4 Å². The molecular formula is C19H25ClN4O3. The highest BCUT2D eigenvalue weighted by Crippen LogP contribution is 2.34. The maximum atomic E-state index is 9.37. The molecular weight excluding hydrogens is 368 g/mol. The van der Waals surface area contributed by atoms with Crippen LogP contribution in [0.3, 0.4) is 0 Å². The monoisotopic (exact) mass is 392 g/mol. The van der Waals surface area contributed by atoms with E-state index in [1.165, 1.54) is 0 Å². The third-order valence-electron chi connectivity index (χ3n) is 4.31. The predicted molar refractivity (Wildman–Crippen MR) is 105 cm³/mol. The number of benzene rings is 1. The van der Waals surface area contributed by atoms with Crippen LogP contribution in [0.2, 0.25) is 5.02 Å². The molecule has 1 fully saturated rings. The number of anilines is 2. The molecule has 1 saturated heterocycles. The maximum absolute atomic E-state index is 9.37. The molecule has 0 aliphatic carbocycles. The second-order valence-electron chi connectivity index (χ2n) is 6.71. The van der Waals surface area contributed by atoms with Gasteiger partial charge in [-0.2, -0.15) is 4.98 Å². The van der Waals surface area contributed by atoms with Crippen molar-refractivity contribution in [1.29, 1.82) is 0 Å². The first-order valence-corrected chi connectivity index (χ1v) is 9.37. The van der Waals surface area contributed by atoms with Gasteiger partial charge in [-0.3, -0.25) is 0 Å². The van der Waals surface area contributed by atoms with E-state index in [1.54, 1.807) is 13.0 Å². The Kier molecular flexibility index (Phi) is 6.36. The van der Waals surface area contributed by atoms with E-state index >= 15 is 0 Å². The first kappa shape index (κ1) is 19.7. The van der Waals surface area contributed by atoms with Crippen molar-refractivity contribution in [2.75, 3.05) is 37.0 Å². The third-order valence-corrected chi connectivity index (χ3v) is 4.64. The summed E-state index contributed by atoms with van der Waals surface area (Å²) < 4.78 is 11.3. The number of rotatable bonds is 5. The van der Waals surface area contributed by atoms with E-state index in [2.05, 4.69) is 14.9 Å². The van der Waals surface area contributed by atoms with Crippen molar-refractivity contribution in [1.82, 2.24) is 9.97 Å². The Morgan fingerprint density at radius 3 is 2.93 bits per heavy atom. The summed E-state index contributed by atoms with van der Waals surface area (Å²) in [6, 6.07) is 7.37. The standard InChI is InChI=1S/C19H25ClN4O3/c1-12-8-18(23-19(21)22-12)24-6-3-7-26-11-17(24)15-5-4-14(9-16(15)20)27-10-13(2)25/h4-5,8-9,13,17,25H,3,6-7,10-11H2,1-2H3,(H2,21,22,23). The molecule has 2 unspecified atom stereocenters. The zero-order valence-corrected chi connectivity index (χ0v) is 16.3. The van der Waals surface area contributed by atoms with Crippen molar-refractivity contribution in [2.24, 2.45) is 0 Å². The van der Waals surface area contributed by atoms with Gasteiger partial charge in [0, 0.05) is 29.9 Å². The molecule has 27 heavy (non-hydrogen) atoms. The van der Waals surface area contributed by atoms with Gasteiger partial charge in [0.25, 0.3) is 0 Å². The lowest BCUT2D eigenvalue weighted by Gasteiger charge is -2.31.